The summed E-state index contributed by atoms with van der Waals surface area (Å²) in [5.74, 6) is -0.414. The molecule has 0 aliphatic heterocycles. The van der Waals surface area contributed by atoms with Gasteiger partial charge >= 0.3 is 12.1 Å². The number of aromatic nitrogens is 3. The third kappa shape index (κ3) is 5.11. The molecule has 28 heavy (non-hydrogen) atoms. The monoisotopic (exact) mass is 394 g/mol. The number of halogens is 3. The van der Waals surface area contributed by atoms with Gasteiger partial charge in [-0.05, 0) is 51.3 Å². The van der Waals surface area contributed by atoms with E-state index in [1.54, 1.807) is 19.9 Å². The van der Waals surface area contributed by atoms with E-state index < -0.39 is 17.7 Å². The van der Waals surface area contributed by atoms with E-state index in [0.29, 0.717) is 5.69 Å². The summed E-state index contributed by atoms with van der Waals surface area (Å²) in [4.78, 5) is 15.6. The number of anilines is 1. The normalized spacial score (nSPS) is 15.1. The first-order chi connectivity index (χ1) is 13.2. The van der Waals surface area contributed by atoms with E-state index >= 15 is 0 Å². The number of nitrogens with one attached hydrogen (secondary N) is 1. The van der Waals surface area contributed by atoms with E-state index in [9.17, 15) is 18.0 Å². The number of rotatable bonds is 6. The fourth-order valence-corrected chi connectivity index (χ4v) is 2.68. The Bertz CT molecular complexity index is 870. The topological polar surface area (TPSA) is 69.0 Å². The molecule has 1 N–H and O–H groups in total. The lowest BCUT2D eigenvalue weighted by molar-refractivity contribution is -0.141. The van der Waals surface area contributed by atoms with Gasteiger partial charge in [0.1, 0.15) is 6.33 Å². The molecule has 6 nitrogen and oxygen atoms in total. The van der Waals surface area contributed by atoms with Gasteiger partial charge in [0.15, 0.2) is 5.82 Å². The Morgan fingerprint density at radius 3 is 2.68 bits per heavy atom. The van der Waals surface area contributed by atoms with E-state index in [4.69, 9.17) is 4.74 Å². The molecule has 0 radical (unpaired) electrons. The number of hydrogen-bond acceptors (Lipinski definition) is 5. The molecule has 3 rings (SSSR count). The van der Waals surface area contributed by atoms with Crippen LogP contribution in [0.15, 0.2) is 30.6 Å². The molecular weight excluding hydrogens is 373 g/mol. The van der Waals surface area contributed by atoms with Gasteiger partial charge < -0.3 is 10.1 Å². The molecule has 0 unspecified atom stereocenters. The highest BCUT2D eigenvalue weighted by Gasteiger charge is 2.32. The Morgan fingerprint density at radius 1 is 1.32 bits per heavy atom. The molecule has 0 saturated heterocycles. The van der Waals surface area contributed by atoms with Gasteiger partial charge in [-0.15, -0.1) is 5.10 Å². The molecule has 0 bridgehead atoms. The molecule has 1 heterocycles. The van der Waals surface area contributed by atoms with Crippen LogP contribution in [0.25, 0.3) is 17.6 Å². The van der Waals surface area contributed by atoms with Gasteiger partial charge in [-0.25, -0.2) is 14.5 Å². The molecule has 9 heteroatoms. The highest BCUT2D eigenvalue weighted by molar-refractivity contribution is 5.85. The minimum absolute atomic E-state index is 0.129. The van der Waals surface area contributed by atoms with Crippen LogP contribution in [-0.2, 0) is 15.7 Å². The second-order valence-electron chi connectivity index (χ2n) is 6.92. The lowest BCUT2D eigenvalue weighted by atomic mass is 9.92. The quantitative estimate of drug-likeness (QED) is 0.583. The van der Waals surface area contributed by atoms with Gasteiger partial charge in [0.05, 0.1) is 11.7 Å². The van der Waals surface area contributed by atoms with E-state index in [1.807, 2.05) is 0 Å². The third-order valence-electron chi connectivity index (χ3n) is 4.22. The van der Waals surface area contributed by atoms with Crippen molar-refractivity contribution in [2.75, 3.05) is 5.32 Å². The fourth-order valence-electron chi connectivity index (χ4n) is 2.68. The van der Waals surface area contributed by atoms with Crippen molar-refractivity contribution in [3.63, 3.8) is 0 Å². The van der Waals surface area contributed by atoms with Gasteiger partial charge in [-0.2, -0.15) is 13.2 Å². The van der Waals surface area contributed by atoms with Crippen LogP contribution in [-0.4, -0.2) is 32.9 Å². The Balaban J connectivity index is 1.84. The second-order valence-corrected chi connectivity index (χ2v) is 6.92. The van der Waals surface area contributed by atoms with E-state index in [2.05, 4.69) is 15.4 Å². The van der Waals surface area contributed by atoms with Crippen molar-refractivity contribution in [3.05, 3.63) is 36.2 Å². The molecule has 150 valence electrons. The standard InChI is InChI=1S/C19H21F3N4O2/c1-12(2)28-17(27)6-7-26-11-23-18(25-26)13-8-14(19(20,21)22)10-16(9-13)24-15-4-3-5-15/h6-12,15,24H,3-5H2,1-2H3/b7-6+. The van der Waals surface area contributed by atoms with Crippen molar-refractivity contribution in [2.24, 2.45) is 0 Å². The number of alkyl halides is 3. The summed E-state index contributed by atoms with van der Waals surface area (Å²) >= 11 is 0. The zero-order valence-corrected chi connectivity index (χ0v) is 15.5. The minimum atomic E-state index is -4.48. The van der Waals surface area contributed by atoms with Crippen molar-refractivity contribution in [1.82, 2.24) is 14.8 Å². The number of carbonyl (C=O) groups excluding carboxylic acids is 1. The van der Waals surface area contributed by atoms with E-state index in [-0.39, 0.29) is 23.5 Å². The molecule has 1 aliphatic rings. The van der Waals surface area contributed by atoms with Crippen LogP contribution in [0.4, 0.5) is 18.9 Å². The number of ether oxygens (including phenoxy) is 1. The molecule has 1 aromatic heterocycles. The van der Waals surface area contributed by atoms with Crippen LogP contribution < -0.4 is 5.32 Å². The summed E-state index contributed by atoms with van der Waals surface area (Å²) in [5, 5.41) is 7.25. The summed E-state index contributed by atoms with van der Waals surface area (Å²) < 4.78 is 46.0. The molecule has 1 fully saturated rings. The van der Waals surface area contributed by atoms with Crippen LogP contribution in [0.2, 0.25) is 0 Å². The number of benzene rings is 1. The highest BCUT2D eigenvalue weighted by Crippen LogP contribution is 2.35. The van der Waals surface area contributed by atoms with Crippen LogP contribution in [0.3, 0.4) is 0 Å². The number of esters is 1. The van der Waals surface area contributed by atoms with Crippen molar-refractivity contribution < 1.29 is 22.7 Å². The Hall–Kier alpha value is -2.84. The van der Waals surface area contributed by atoms with Gasteiger partial charge in [-0.3, -0.25) is 0 Å². The summed E-state index contributed by atoms with van der Waals surface area (Å²) in [5.41, 5.74) is -0.130. The summed E-state index contributed by atoms with van der Waals surface area (Å²) in [6.07, 6.45) is 2.04. The predicted molar refractivity (Wildman–Crippen MR) is 98.3 cm³/mol. The second kappa shape index (κ2) is 8.04. The Morgan fingerprint density at radius 2 is 2.07 bits per heavy atom. The predicted octanol–water partition coefficient (Wildman–Crippen LogP) is 4.35. The molecule has 1 aliphatic carbocycles. The average molecular weight is 394 g/mol. The molecule has 0 atom stereocenters. The van der Waals surface area contributed by atoms with Gasteiger partial charge in [0.2, 0.25) is 0 Å². The summed E-state index contributed by atoms with van der Waals surface area (Å²) in [6.45, 7) is 3.45. The van der Waals surface area contributed by atoms with Gasteiger partial charge in [-0.1, -0.05) is 0 Å². The largest absolute Gasteiger partial charge is 0.460 e. The Labute approximate surface area is 160 Å². The van der Waals surface area contributed by atoms with Crippen molar-refractivity contribution in [2.45, 2.75) is 51.4 Å². The lowest BCUT2D eigenvalue weighted by Gasteiger charge is -2.28. The number of carbonyl (C=O) groups is 1. The minimum Gasteiger partial charge on any atom is -0.460 e. The molecule has 1 saturated carbocycles. The molecule has 2 aromatic rings. The number of nitrogens with zero attached hydrogens (tertiary/aromatic N) is 3. The molecular formula is C19H21F3N4O2. The molecule has 1 aromatic carbocycles. The van der Waals surface area contributed by atoms with Crippen LogP contribution in [0.1, 0.15) is 38.7 Å². The highest BCUT2D eigenvalue weighted by atomic mass is 19.4. The van der Waals surface area contributed by atoms with Gasteiger partial charge in [0.25, 0.3) is 0 Å². The van der Waals surface area contributed by atoms with Crippen LogP contribution in [0.5, 0.6) is 0 Å². The number of hydrogen-bond donors (Lipinski definition) is 1. The van der Waals surface area contributed by atoms with Crippen LogP contribution >= 0.6 is 0 Å². The van der Waals surface area contributed by atoms with Gasteiger partial charge in [0, 0.05) is 29.6 Å². The molecule has 0 spiro atoms. The molecule has 0 amide bonds. The van der Waals surface area contributed by atoms with Crippen molar-refractivity contribution in [3.8, 4) is 11.4 Å². The fraction of sp³-hybridized carbons (Fsp3) is 0.421. The summed E-state index contributed by atoms with van der Waals surface area (Å²) in [7, 11) is 0. The first-order valence-electron chi connectivity index (χ1n) is 9.00. The van der Waals surface area contributed by atoms with Crippen molar-refractivity contribution in [1.29, 1.82) is 0 Å². The first kappa shape index (κ1) is 19.9. The SMILES string of the molecule is CC(C)OC(=O)/C=C/n1cnc(-c2cc(NC3CCC3)cc(C(F)(F)F)c2)n1. The maximum Gasteiger partial charge on any atom is 0.416 e. The lowest BCUT2D eigenvalue weighted by Crippen LogP contribution is -2.27. The van der Waals surface area contributed by atoms with Crippen LogP contribution in [0, 0.1) is 0 Å². The van der Waals surface area contributed by atoms with Crippen molar-refractivity contribution >= 4 is 17.9 Å². The first-order valence-corrected chi connectivity index (χ1v) is 9.00. The average Bonchev–Trinajstić information content (AvgIpc) is 3.04. The van der Waals surface area contributed by atoms with E-state index in [0.717, 1.165) is 31.4 Å². The smallest absolute Gasteiger partial charge is 0.416 e. The zero-order chi connectivity index (χ0) is 20.3. The maximum absolute atomic E-state index is 13.3. The zero-order valence-electron chi connectivity index (χ0n) is 15.5. The van der Waals surface area contributed by atoms with E-state index in [1.165, 1.54) is 23.3 Å². The summed E-state index contributed by atoms with van der Waals surface area (Å²) in [6, 6.07) is 3.91. The maximum atomic E-state index is 13.3. The third-order valence-corrected chi connectivity index (χ3v) is 4.22. The Kier molecular flexibility index (Phi) is 5.71.